The number of likely N-dealkylation sites (tertiary alicyclic amines) is 1. The number of anilines is 1. The molecule has 128 valence electrons. The van der Waals surface area contributed by atoms with E-state index in [0.29, 0.717) is 17.8 Å². The first-order chi connectivity index (χ1) is 11.5. The van der Waals surface area contributed by atoms with E-state index in [1.165, 1.54) is 6.07 Å². The molecule has 2 aromatic rings. The largest absolute Gasteiger partial charge is 0.361 e. The number of carbonyl (C=O) groups is 1. The maximum Gasteiger partial charge on any atom is 0.322 e. The summed E-state index contributed by atoms with van der Waals surface area (Å²) in [5, 5.41) is 6.84. The first kappa shape index (κ1) is 16.5. The van der Waals surface area contributed by atoms with Crippen molar-refractivity contribution in [3.05, 3.63) is 46.6 Å². The monoisotopic (exact) mass is 331 g/mol. The number of amides is 2. The Morgan fingerprint density at radius 1 is 1.46 bits per heavy atom. The summed E-state index contributed by atoms with van der Waals surface area (Å²) in [5.41, 5.74) is 2.87. The van der Waals surface area contributed by atoms with Gasteiger partial charge in [-0.25, -0.2) is 9.18 Å². The van der Waals surface area contributed by atoms with Gasteiger partial charge >= 0.3 is 6.03 Å². The van der Waals surface area contributed by atoms with Crippen LogP contribution >= 0.6 is 0 Å². The number of benzene rings is 1. The average Bonchev–Trinajstić information content (AvgIpc) is 3.16. The first-order valence-electron chi connectivity index (χ1n) is 8.30. The normalized spacial score (nSPS) is 17.3. The van der Waals surface area contributed by atoms with Gasteiger partial charge in [-0.15, -0.1) is 0 Å². The van der Waals surface area contributed by atoms with Gasteiger partial charge < -0.3 is 14.7 Å². The van der Waals surface area contributed by atoms with Crippen molar-refractivity contribution in [2.24, 2.45) is 0 Å². The lowest BCUT2D eigenvalue weighted by atomic mass is 10.0. The molecule has 1 aliphatic rings. The fraction of sp³-hybridized carbons (Fsp3) is 0.444. The Morgan fingerprint density at radius 3 is 2.96 bits per heavy atom. The number of carbonyl (C=O) groups excluding carboxylic acids is 1. The van der Waals surface area contributed by atoms with Crippen LogP contribution in [0.4, 0.5) is 14.9 Å². The highest BCUT2D eigenvalue weighted by Crippen LogP contribution is 2.36. The van der Waals surface area contributed by atoms with E-state index in [-0.39, 0.29) is 17.9 Å². The summed E-state index contributed by atoms with van der Waals surface area (Å²) < 4.78 is 19.0. The van der Waals surface area contributed by atoms with Crippen LogP contribution in [-0.2, 0) is 6.42 Å². The lowest BCUT2D eigenvalue weighted by Gasteiger charge is -2.25. The Labute approximate surface area is 140 Å². The van der Waals surface area contributed by atoms with Gasteiger partial charge in [-0.2, -0.15) is 0 Å². The zero-order valence-corrected chi connectivity index (χ0v) is 14.2. The van der Waals surface area contributed by atoms with Gasteiger partial charge in [-0.3, -0.25) is 0 Å². The van der Waals surface area contributed by atoms with Gasteiger partial charge in [0.2, 0.25) is 0 Å². The fourth-order valence-electron chi connectivity index (χ4n) is 3.28. The highest BCUT2D eigenvalue weighted by Gasteiger charge is 2.34. The van der Waals surface area contributed by atoms with E-state index in [4.69, 9.17) is 4.52 Å². The number of hydrogen-bond donors (Lipinski definition) is 1. The summed E-state index contributed by atoms with van der Waals surface area (Å²) >= 11 is 0. The van der Waals surface area contributed by atoms with Gasteiger partial charge in [0.25, 0.3) is 0 Å². The second-order valence-corrected chi connectivity index (χ2v) is 6.20. The zero-order chi connectivity index (χ0) is 17.3. The molecule has 1 aromatic heterocycles. The molecule has 0 unspecified atom stereocenters. The lowest BCUT2D eigenvalue weighted by Crippen LogP contribution is -2.34. The lowest BCUT2D eigenvalue weighted by molar-refractivity contribution is 0.206. The van der Waals surface area contributed by atoms with Gasteiger partial charge in [-0.05, 0) is 44.4 Å². The Bertz CT molecular complexity index is 757. The third-order valence-corrected chi connectivity index (χ3v) is 4.57. The molecule has 0 radical (unpaired) electrons. The third kappa shape index (κ3) is 3.00. The van der Waals surface area contributed by atoms with Crippen LogP contribution in [0.3, 0.4) is 0 Å². The Balaban J connectivity index is 1.81. The van der Waals surface area contributed by atoms with E-state index in [9.17, 15) is 9.18 Å². The molecule has 3 rings (SSSR count). The number of aryl methyl sites for hydroxylation is 3. The third-order valence-electron chi connectivity index (χ3n) is 4.57. The smallest absolute Gasteiger partial charge is 0.322 e. The van der Waals surface area contributed by atoms with E-state index in [1.54, 1.807) is 24.0 Å². The number of urea groups is 1. The van der Waals surface area contributed by atoms with Crippen molar-refractivity contribution < 1.29 is 13.7 Å². The molecule has 6 heteroatoms. The Morgan fingerprint density at radius 2 is 2.25 bits per heavy atom. The van der Waals surface area contributed by atoms with Crippen molar-refractivity contribution in [3.63, 3.8) is 0 Å². The number of aromatic nitrogens is 1. The molecule has 24 heavy (non-hydrogen) atoms. The first-order valence-corrected chi connectivity index (χ1v) is 8.30. The number of hydrogen-bond acceptors (Lipinski definition) is 3. The molecule has 2 heterocycles. The number of halogens is 1. The Kier molecular flexibility index (Phi) is 4.55. The molecule has 0 spiro atoms. The number of nitrogens with zero attached hydrogens (tertiary/aromatic N) is 2. The van der Waals surface area contributed by atoms with Crippen LogP contribution in [0, 0.1) is 19.7 Å². The van der Waals surface area contributed by atoms with Crippen molar-refractivity contribution in [3.8, 4) is 0 Å². The van der Waals surface area contributed by atoms with E-state index < -0.39 is 0 Å². The second-order valence-electron chi connectivity index (χ2n) is 6.20. The Hall–Kier alpha value is -2.37. The van der Waals surface area contributed by atoms with Crippen LogP contribution in [0.5, 0.6) is 0 Å². The maximum atomic E-state index is 13.7. The van der Waals surface area contributed by atoms with Crippen LogP contribution in [0.25, 0.3) is 0 Å². The maximum absolute atomic E-state index is 13.7. The molecule has 1 aromatic carbocycles. The van der Waals surface area contributed by atoms with Crippen molar-refractivity contribution in [1.82, 2.24) is 10.1 Å². The van der Waals surface area contributed by atoms with E-state index in [1.807, 2.05) is 13.8 Å². The van der Waals surface area contributed by atoms with Crippen molar-refractivity contribution >= 4 is 11.7 Å². The summed E-state index contributed by atoms with van der Waals surface area (Å²) in [4.78, 5) is 14.5. The standard InChI is InChI=1S/C18H22FN3O2/c1-4-16-17(12(3)21-24-16)15-6-5-9-22(15)18(23)20-13-8-7-11(2)14(19)10-13/h7-8,10,15H,4-6,9H2,1-3H3,(H,20,23)/t15-/m1/s1. The second kappa shape index (κ2) is 6.63. The van der Waals surface area contributed by atoms with Crippen LogP contribution in [0.1, 0.15) is 48.4 Å². The highest BCUT2D eigenvalue weighted by atomic mass is 19.1. The number of nitrogens with one attached hydrogen (secondary N) is 1. The minimum absolute atomic E-state index is 0.0403. The van der Waals surface area contributed by atoms with Crippen molar-refractivity contribution in [1.29, 1.82) is 0 Å². The quantitative estimate of drug-likeness (QED) is 0.909. The molecule has 0 saturated carbocycles. The van der Waals surface area contributed by atoms with Crippen molar-refractivity contribution in [2.75, 3.05) is 11.9 Å². The summed E-state index contributed by atoms with van der Waals surface area (Å²) in [5.74, 6) is 0.507. The van der Waals surface area contributed by atoms with E-state index in [2.05, 4.69) is 10.5 Å². The molecule has 5 nitrogen and oxygen atoms in total. The van der Waals surface area contributed by atoms with Gasteiger partial charge in [0.05, 0.1) is 11.7 Å². The van der Waals surface area contributed by atoms with Gasteiger partial charge in [-0.1, -0.05) is 18.1 Å². The fourth-order valence-corrected chi connectivity index (χ4v) is 3.28. The minimum atomic E-state index is -0.325. The molecule has 1 fully saturated rings. The van der Waals surface area contributed by atoms with E-state index >= 15 is 0 Å². The summed E-state index contributed by atoms with van der Waals surface area (Å²) in [6, 6.07) is 4.46. The molecule has 0 aliphatic carbocycles. The zero-order valence-electron chi connectivity index (χ0n) is 14.2. The van der Waals surface area contributed by atoms with Crippen LogP contribution < -0.4 is 5.32 Å². The van der Waals surface area contributed by atoms with Crippen LogP contribution in [0.2, 0.25) is 0 Å². The predicted molar refractivity (Wildman–Crippen MR) is 89.5 cm³/mol. The molecule has 0 bridgehead atoms. The summed E-state index contributed by atoms with van der Waals surface area (Å²) in [7, 11) is 0. The highest BCUT2D eigenvalue weighted by molar-refractivity contribution is 5.89. The average molecular weight is 331 g/mol. The molecule has 1 atom stereocenters. The molecule has 2 amide bonds. The molecule has 1 N–H and O–H groups in total. The van der Waals surface area contributed by atoms with Crippen LogP contribution in [-0.4, -0.2) is 22.6 Å². The number of rotatable bonds is 3. The van der Waals surface area contributed by atoms with Crippen LogP contribution in [0.15, 0.2) is 22.7 Å². The predicted octanol–water partition coefficient (Wildman–Crippen LogP) is 4.36. The van der Waals surface area contributed by atoms with Gasteiger partial charge in [0, 0.05) is 24.2 Å². The summed E-state index contributed by atoms with van der Waals surface area (Å²) in [6.45, 7) is 6.27. The minimum Gasteiger partial charge on any atom is -0.361 e. The molecular formula is C18H22FN3O2. The molecule has 1 aliphatic heterocycles. The van der Waals surface area contributed by atoms with E-state index in [0.717, 1.165) is 36.3 Å². The SMILES string of the molecule is CCc1onc(C)c1[C@H]1CCCN1C(=O)Nc1ccc(C)c(F)c1. The summed E-state index contributed by atoms with van der Waals surface area (Å²) in [6.07, 6.45) is 2.55. The molecular weight excluding hydrogens is 309 g/mol. The van der Waals surface area contributed by atoms with Gasteiger partial charge in [0.15, 0.2) is 0 Å². The van der Waals surface area contributed by atoms with Gasteiger partial charge in [0.1, 0.15) is 11.6 Å². The topological polar surface area (TPSA) is 58.4 Å². The molecule has 1 saturated heterocycles. The van der Waals surface area contributed by atoms with Crippen molar-refractivity contribution in [2.45, 2.75) is 46.1 Å².